The van der Waals surface area contributed by atoms with E-state index in [9.17, 15) is 26.4 Å². The van der Waals surface area contributed by atoms with Gasteiger partial charge in [0.15, 0.2) is 0 Å². The molecule has 1 N–H and O–H groups in total. The summed E-state index contributed by atoms with van der Waals surface area (Å²) >= 11 is 0. The molecule has 3 heterocycles. The van der Waals surface area contributed by atoms with Crippen molar-refractivity contribution in [2.24, 2.45) is 0 Å². The topological polar surface area (TPSA) is 106 Å². The average molecular weight is 460 g/mol. The minimum Gasteiger partial charge on any atom is -0.434 e. The molecule has 0 aliphatic carbocycles. The number of hydrogen-bond donors (Lipinski definition) is 1. The number of morpholine rings is 1. The molecule has 0 bridgehead atoms. The molecular weight excluding hydrogens is 433 g/mol. The lowest BCUT2D eigenvalue weighted by atomic mass is 9.90. The van der Waals surface area contributed by atoms with Gasteiger partial charge in [-0.05, 0) is 25.7 Å². The first kappa shape index (κ1) is 23.5. The van der Waals surface area contributed by atoms with Gasteiger partial charge < -0.3 is 24.2 Å². The number of amides is 1. The van der Waals surface area contributed by atoms with Crippen LogP contribution in [0, 0.1) is 0 Å². The summed E-state index contributed by atoms with van der Waals surface area (Å²) in [6, 6.07) is 0. The SMILES string of the molecule is O=C(O[C@H](CO)C(F)(F)F)N1CCC2(CC1)CN(S(=O)(=O)C1CCOCC1)CCO2. The van der Waals surface area contributed by atoms with E-state index in [2.05, 4.69) is 4.74 Å². The summed E-state index contributed by atoms with van der Waals surface area (Å²) in [6.07, 6.45) is -7.16. The highest BCUT2D eigenvalue weighted by molar-refractivity contribution is 7.89. The van der Waals surface area contributed by atoms with Gasteiger partial charge in [-0.2, -0.15) is 17.5 Å². The minimum atomic E-state index is -4.85. The Labute approximate surface area is 173 Å². The molecule has 3 rings (SSSR count). The third-order valence-electron chi connectivity index (χ3n) is 5.87. The Bertz CT molecular complexity index is 705. The van der Waals surface area contributed by atoms with Crippen LogP contribution >= 0.6 is 0 Å². The van der Waals surface area contributed by atoms with E-state index >= 15 is 0 Å². The lowest BCUT2D eigenvalue weighted by molar-refractivity contribution is -0.215. The zero-order valence-corrected chi connectivity index (χ0v) is 17.3. The average Bonchev–Trinajstić information content (AvgIpc) is 2.72. The molecule has 13 heteroatoms. The van der Waals surface area contributed by atoms with Crippen molar-refractivity contribution >= 4 is 16.1 Å². The number of sulfonamides is 1. The predicted octanol–water partition coefficient (Wildman–Crippen LogP) is 0.722. The number of carbonyl (C=O) groups excluding carboxylic acids is 1. The molecule has 0 aromatic heterocycles. The van der Waals surface area contributed by atoms with Gasteiger partial charge in [-0.1, -0.05) is 0 Å². The van der Waals surface area contributed by atoms with Crippen LogP contribution in [0.15, 0.2) is 0 Å². The molecule has 30 heavy (non-hydrogen) atoms. The van der Waals surface area contributed by atoms with Gasteiger partial charge in [0.1, 0.15) is 0 Å². The van der Waals surface area contributed by atoms with Crippen LogP contribution in [0.25, 0.3) is 0 Å². The van der Waals surface area contributed by atoms with Crippen LogP contribution in [0.4, 0.5) is 18.0 Å². The molecule has 3 saturated heterocycles. The fourth-order valence-corrected chi connectivity index (χ4v) is 5.97. The fraction of sp³-hybridized carbons (Fsp3) is 0.941. The number of aliphatic hydroxyl groups excluding tert-OH is 1. The number of aliphatic hydroxyl groups is 1. The second kappa shape index (κ2) is 9.15. The molecule has 3 aliphatic heterocycles. The second-order valence-electron chi connectivity index (χ2n) is 7.81. The van der Waals surface area contributed by atoms with E-state index in [0.29, 0.717) is 26.1 Å². The zero-order chi connectivity index (χ0) is 22.0. The number of piperidine rings is 1. The molecule has 1 amide bonds. The summed E-state index contributed by atoms with van der Waals surface area (Å²) in [5.41, 5.74) is -0.784. The molecule has 0 saturated carbocycles. The highest BCUT2D eigenvalue weighted by Crippen LogP contribution is 2.33. The van der Waals surface area contributed by atoms with Gasteiger partial charge in [0, 0.05) is 39.4 Å². The van der Waals surface area contributed by atoms with E-state index in [1.54, 1.807) is 0 Å². The Morgan fingerprint density at radius 1 is 1.17 bits per heavy atom. The lowest BCUT2D eigenvalue weighted by Gasteiger charge is -2.47. The van der Waals surface area contributed by atoms with Crippen molar-refractivity contribution in [2.75, 3.05) is 52.6 Å². The molecule has 3 aliphatic rings. The number of carbonyl (C=O) groups is 1. The van der Waals surface area contributed by atoms with Crippen LogP contribution in [0.1, 0.15) is 25.7 Å². The molecule has 1 spiro atoms. The molecule has 174 valence electrons. The molecular formula is C17H27F3N2O7S. The number of likely N-dealkylation sites (tertiary alicyclic amines) is 1. The Kier molecular flexibility index (Phi) is 7.17. The van der Waals surface area contributed by atoms with Crippen molar-refractivity contribution in [2.45, 2.75) is 48.8 Å². The van der Waals surface area contributed by atoms with Crippen molar-refractivity contribution in [3.8, 4) is 0 Å². The standard InChI is InChI=1S/C17H27F3N2O7S/c18-17(19,20)14(11-23)29-15(24)21-5-3-16(4-6-21)12-22(7-10-28-16)30(25,26)13-1-8-27-9-2-13/h13-14,23H,1-12H2/t14-/m1/s1. The maximum atomic E-state index is 13.0. The predicted molar refractivity (Wildman–Crippen MR) is 97.2 cm³/mol. The first-order valence-corrected chi connectivity index (χ1v) is 11.4. The van der Waals surface area contributed by atoms with Crippen molar-refractivity contribution in [3.63, 3.8) is 0 Å². The summed E-state index contributed by atoms with van der Waals surface area (Å²) in [4.78, 5) is 13.2. The maximum Gasteiger partial charge on any atom is 0.427 e. The van der Waals surface area contributed by atoms with Gasteiger partial charge in [0.2, 0.25) is 16.1 Å². The minimum absolute atomic E-state index is 0.0694. The smallest absolute Gasteiger partial charge is 0.427 e. The number of alkyl halides is 3. The third-order valence-corrected chi connectivity index (χ3v) is 8.22. The van der Waals surface area contributed by atoms with Gasteiger partial charge in [-0.3, -0.25) is 0 Å². The summed E-state index contributed by atoms with van der Waals surface area (Å²) in [7, 11) is -3.51. The number of ether oxygens (including phenoxy) is 3. The zero-order valence-electron chi connectivity index (χ0n) is 16.5. The molecule has 0 aromatic carbocycles. The molecule has 0 radical (unpaired) electrons. The van der Waals surface area contributed by atoms with Crippen LogP contribution in [0.5, 0.6) is 0 Å². The number of halogens is 3. The molecule has 0 aromatic rings. The van der Waals surface area contributed by atoms with E-state index in [1.807, 2.05) is 0 Å². The van der Waals surface area contributed by atoms with Gasteiger partial charge >= 0.3 is 12.3 Å². The van der Waals surface area contributed by atoms with Crippen LogP contribution in [0.2, 0.25) is 0 Å². The highest BCUT2D eigenvalue weighted by atomic mass is 32.2. The van der Waals surface area contributed by atoms with Gasteiger partial charge in [0.05, 0.1) is 24.1 Å². The summed E-state index contributed by atoms with van der Waals surface area (Å²) in [5, 5.41) is 8.32. The van der Waals surface area contributed by atoms with E-state index < -0.39 is 45.9 Å². The molecule has 9 nitrogen and oxygen atoms in total. The van der Waals surface area contributed by atoms with E-state index in [0.717, 1.165) is 4.90 Å². The number of rotatable bonds is 4. The van der Waals surface area contributed by atoms with Gasteiger partial charge in [-0.15, -0.1) is 0 Å². The normalized spacial score (nSPS) is 25.3. The lowest BCUT2D eigenvalue weighted by Crippen LogP contribution is -2.60. The molecule has 3 fully saturated rings. The third kappa shape index (κ3) is 5.18. The van der Waals surface area contributed by atoms with Crippen LogP contribution in [-0.4, -0.2) is 105 Å². The number of nitrogens with zero attached hydrogens (tertiary/aromatic N) is 2. The van der Waals surface area contributed by atoms with Crippen LogP contribution < -0.4 is 0 Å². The molecule has 0 unspecified atom stereocenters. The van der Waals surface area contributed by atoms with Crippen molar-refractivity contribution < 1.29 is 45.7 Å². The summed E-state index contributed by atoms with van der Waals surface area (Å²) in [6.45, 7) is 0.212. The Hall–Kier alpha value is -1.15. The van der Waals surface area contributed by atoms with Crippen LogP contribution in [0.3, 0.4) is 0 Å². The monoisotopic (exact) mass is 460 g/mol. The van der Waals surface area contributed by atoms with Gasteiger partial charge in [0.25, 0.3) is 0 Å². The van der Waals surface area contributed by atoms with E-state index in [1.165, 1.54) is 4.31 Å². The second-order valence-corrected chi connectivity index (χ2v) is 10.0. The molecule has 1 atom stereocenters. The highest BCUT2D eigenvalue weighted by Gasteiger charge is 2.47. The first-order chi connectivity index (χ1) is 14.1. The Morgan fingerprint density at radius 3 is 2.37 bits per heavy atom. The summed E-state index contributed by atoms with van der Waals surface area (Å²) < 4.78 is 81.0. The maximum absolute atomic E-state index is 13.0. The van der Waals surface area contributed by atoms with Crippen molar-refractivity contribution in [3.05, 3.63) is 0 Å². The number of hydrogen-bond acceptors (Lipinski definition) is 7. The van der Waals surface area contributed by atoms with E-state index in [-0.39, 0.29) is 45.6 Å². The van der Waals surface area contributed by atoms with Crippen molar-refractivity contribution in [1.29, 1.82) is 0 Å². The van der Waals surface area contributed by atoms with Gasteiger partial charge in [-0.25, -0.2) is 13.2 Å². The first-order valence-electron chi connectivity index (χ1n) is 9.91. The summed E-state index contributed by atoms with van der Waals surface area (Å²) in [5.74, 6) is 0. The Morgan fingerprint density at radius 2 is 1.80 bits per heavy atom. The van der Waals surface area contributed by atoms with Crippen molar-refractivity contribution in [1.82, 2.24) is 9.21 Å². The Balaban J connectivity index is 1.58. The quantitative estimate of drug-likeness (QED) is 0.659. The van der Waals surface area contributed by atoms with E-state index in [4.69, 9.17) is 14.6 Å². The van der Waals surface area contributed by atoms with Crippen LogP contribution in [-0.2, 0) is 24.2 Å². The fourth-order valence-electron chi connectivity index (χ4n) is 4.02. The largest absolute Gasteiger partial charge is 0.434 e.